The van der Waals surface area contributed by atoms with Crippen molar-refractivity contribution in [3.63, 3.8) is 0 Å². The number of hydrogen-bond donors (Lipinski definition) is 1. The number of likely N-dealkylation sites (tertiary alicyclic amines) is 1. The Labute approximate surface area is 129 Å². The molecule has 2 N–H and O–H groups in total. The molecule has 1 heterocycles. The molecule has 0 amide bonds. The number of benzene rings is 1. The quantitative estimate of drug-likeness (QED) is 0.870. The SMILES string of the molecule is CCC(N)C(c1ccccc1OC)N1CCCC1C(C)C. The first kappa shape index (κ1) is 16.3. The third kappa shape index (κ3) is 3.41. The highest BCUT2D eigenvalue weighted by molar-refractivity contribution is 5.37. The zero-order valence-corrected chi connectivity index (χ0v) is 13.9. The summed E-state index contributed by atoms with van der Waals surface area (Å²) in [6, 6.07) is 9.35. The van der Waals surface area contributed by atoms with Gasteiger partial charge in [-0.05, 0) is 37.8 Å². The maximum atomic E-state index is 6.52. The lowest BCUT2D eigenvalue weighted by molar-refractivity contribution is 0.123. The van der Waals surface area contributed by atoms with Gasteiger partial charge in [-0.3, -0.25) is 4.90 Å². The molecule has 1 aliphatic rings. The summed E-state index contributed by atoms with van der Waals surface area (Å²) in [5.41, 5.74) is 7.76. The topological polar surface area (TPSA) is 38.5 Å². The number of para-hydroxylation sites is 1. The molecule has 3 unspecified atom stereocenters. The van der Waals surface area contributed by atoms with Crippen molar-refractivity contribution in [2.45, 2.75) is 58.2 Å². The molecule has 0 bridgehead atoms. The second kappa shape index (κ2) is 7.28. The van der Waals surface area contributed by atoms with E-state index in [1.165, 1.54) is 18.4 Å². The summed E-state index contributed by atoms with van der Waals surface area (Å²) in [5.74, 6) is 1.62. The molecule has 0 aliphatic carbocycles. The van der Waals surface area contributed by atoms with Crippen molar-refractivity contribution in [3.05, 3.63) is 29.8 Å². The van der Waals surface area contributed by atoms with Crippen LogP contribution in [0.15, 0.2) is 24.3 Å². The molecule has 0 aromatic heterocycles. The number of hydrogen-bond acceptors (Lipinski definition) is 3. The van der Waals surface area contributed by atoms with Crippen LogP contribution < -0.4 is 10.5 Å². The Balaban J connectivity index is 2.39. The Morgan fingerprint density at radius 2 is 2.05 bits per heavy atom. The maximum absolute atomic E-state index is 6.52. The fraction of sp³-hybridized carbons (Fsp3) is 0.667. The lowest BCUT2D eigenvalue weighted by Crippen LogP contribution is -2.45. The summed E-state index contributed by atoms with van der Waals surface area (Å²) < 4.78 is 5.59. The maximum Gasteiger partial charge on any atom is 0.123 e. The summed E-state index contributed by atoms with van der Waals surface area (Å²) >= 11 is 0. The van der Waals surface area contributed by atoms with Crippen LogP contribution in [0.4, 0.5) is 0 Å². The fourth-order valence-electron chi connectivity index (χ4n) is 3.67. The van der Waals surface area contributed by atoms with Gasteiger partial charge in [-0.2, -0.15) is 0 Å². The number of nitrogens with two attached hydrogens (primary N) is 1. The minimum atomic E-state index is 0.139. The molecule has 1 aromatic carbocycles. The average molecular weight is 290 g/mol. The summed E-state index contributed by atoms with van der Waals surface area (Å²) in [6.45, 7) is 7.95. The van der Waals surface area contributed by atoms with E-state index in [9.17, 15) is 0 Å². The Morgan fingerprint density at radius 3 is 2.67 bits per heavy atom. The predicted molar refractivity (Wildman–Crippen MR) is 88.6 cm³/mol. The van der Waals surface area contributed by atoms with Crippen LogP contribution in [-0.4, -0.2) is 30.6 Å². The molecule has 118 valence electrons. The van der Waals surface area contributed by atoms with Gasteiger partial charge in [0.2, 0.25) is 0 Å². The van der Waals surface area contributed by atoms with E-state index < -0.39 is 0 Å². The number of nitrogens with zero attached hydrogens (tertiary/aromatic N) is 1. The number of rotatable bonds is 6. The predicted octanol–water partition coefficient (Wildman–Crippen LogP) is 3.59. The van der Waals surface area contributed by atoms with E-state index in [0.29, 0.717) is 12.0 Å². The lowest BCUT2D eigenvalue weighted by atomic mass is 9.92. The summed E-state index contributed by atoms with van der Waals surface area (Å²) in [4.78, 5) is 2.62. The van der Waals surface area contributed by atoms with E-state index in [4.69, 9.17) is 10.5 Å². The highest BCUT2D eigenvalue weighted by Gasteiger charge is 2.36. The van der Waals surface area contributed by atoms with Gasteiger partial charge >= 0.3 is 0 Å². The fourth-order valence-corrected chi connectivity index (χ4v) is 3.67. The van der Waals surface area contributed by atoms with Crippen molar-refractivity contribution in [1.82, 2.24) is 4.90 Å². The van der Waals surface area contributed by atoms with Crippen molar-refractivity contribution < 1.29 is 4.74 Å². The highest BCUT2D eigenvalue weighted by atomic mass is 16.5. The summed E-state index contributed by atoms with van der Waals surface area (Å²) in [5, 5.41) is 0. The Kier molecular flexibility index (Phi) is 5.65. The van der Waals surface area contributed by atoms with Gasteiger partial charge in [0.05, 0.1) is 13.2 Å². The van der Waals surface area contributed by atoms with Crippen molar-refractivity contribution in [1.29, 1.82) is 0 Å². The zero-order valence-electron chi connectivity index (χ0n) is 13.9. The molecule has 21 heavy (non-hydrogen) atoms. The van der Waals surface area contributed by atoms with Gasteiger partial charge in [-0.25, -0.2) is 0 Å². The van der Waals surface area contributed by atoms with Crippen LogP contribution in [0.2, 0.25) is 0 Å². The number of methoxy groups -OCH3 is 1. The first-order valence-electron chi connectivity index (χ1n) is 8.24. The first-order valence-corrected chi connectivity index (χ1v) is 8.24. The van der Waals surface area contributed by atoms with Gasteiger partial charge < -0.3 is 10.5 Å². The van der Waals surface area contributed by atoms with E-state index in [0.717, 1.165) is 18.7 Å². The van der Waals surface area contributed by atoms with Crippen LogP contribution >= 0.6 is 0 Å². The van der Waals surface area contributed by atoms with E-state index in [1.807, 2.05) is 12.1 Å². The average Bonchev–Trinajstić information content (AvgIpc) is 2.97. The van der Waals surface area contributed by atoms with Gasteiger partial charge in [0, 0.05) is 17.6 Å². The smallest absolute Gasteiger partial charge is 0.123 e. The summed E-state index contributed by atoms with van der Waals surface area (Å²) in [7, 11) is 1.75. The van der Waals surface area contributed by atoms with Gasteiger partial charge in [-0.1, -0.05) is 39.0 Å². The van der Waals surface area contributed by atoms with Crippen molar-refractivity contribution in [2.75, 3.05) is 13.7 Å². The molecule has 3 atom stereocenters. The zero-order chi connectivity index (χ0) is 15.4. The largest absolute Gasteiger partial charge is 0.496 e. The highest BCUT2D eigenvalue weighted by Crippen LogP contribution is 2.38. The molecule has 1 fully saturated rings. The van der Waals surface area contributed by atoms with E-state index >= 15 is 0 Å². The molecule has 0 saturated carbocycles. The van der Waals surface area contributed by atoms with Crippen molar-refractivity contribution in [2.24, 2.45) is 11.7 Å². The normalized spacial score (nSPS) is 22.5. The third-order valence-electron chi connectivity index (χ3n) is 4.80. The minimum absolute atomic E-state index is 0.139. The van der Waals surface area contributed by atoms with Gasteiger partial charge in [-0.15, -0.1) is 0 Å². The van der Waals surface area contributed by atoms with E-state index in [1.54, 1.807) is 7.11 Å². The van der Waals surface area contributed by atoms with E-state index in [-0.39, 0.29) is 12.1 Å². The molecule has 3 nitrogen and oxygen atoms in total. The first-order chi connectivity index (χ1) is 10.1. The van der Waals surface area contributed by atoms with Crippen LogP contribution in [0.5, 0.6) is 5.75 Å². The molecule has 1 aromatic rings. The van der Waals surface area contributed by atoms with Gasteiger partial charge in [0.15, 0.2) is 0 Å². The molecule has 1 aliphatic heterocycles. The molecule has 3 heteroatoms. The molecular weight excluding hydrogens is 260 g/mol. The number of ether oxygens (including phenoxy) is 1. The molecule has 0 spiro atoms. The van der Waals surface area contributed by atoms with Crippen LogP contribution in [0.3, 0.4) is 0 Å². The monoisotopic (exact) mass is 290 g/mol. The second-order valence-corrected chi connectivity index (χ2v) is 6.45. The van der Waals surface area contributed by atoms with Gasteiger partial charge in [0.25, 0.3) is 0 Å². The van der Waals surface area contributed by atoms with Crippen molar-refractivity contribution in [3.8, 4) is 5.75 Å². The van der Waals surface area contributed by atoms with Crippen LogP contribution in [0.1, 0.15) is 51.6 Å². The van der Waals surface area contributed by atoms with Gasteiger partial charge in [0.1, 0.15) is 5.75 Å². The molecule has 1 saturated heterocycles. The molecule has 0 radical (unpaired) electrons. The standard InChI is InChI=1S/C18H30N2O/c1-5-15(19)18(14-9-6-7-11-17(14)21-4)20-12-8-10-16(20)13(2)3/h6-7,9,11,13,15-16,18H,5,8,10,12,19H2,1-4H3. The van der Waals surface area contributed by atoms with E-state index in [2.05, 4.69) is 37.8 Å². The van der Waals surface area contributed by atoms with Crippen LogP contribution in [-0.2, 0) is 0 Å². The summed E-state index contributed by atoms with van der Waals surface area (Å²) in [6.07, 6.45) is 3.52. The molecular formula is C18H30N2O. The van der Waals surface area contributed by atoms with Crippen LogP contribution in [0, 0.1) is 5.92 Å². The minimum Gasteiger partial charge on any atom is -0.496 e. The second-order valence-electron chi connectivity index (χ2n) is 6.45. The Bertz CT molecular complexity index is 447. The Morgan fingerprint density at radius 1 is 1.33 bits per heavy atom. The lowest BCUT2D eigenvalue weighted by Gasteiger charge is -2.39. The Hall–Kier alpha value is -1.06. The third-order valence-corrected chi connectivity index (χ3v) is 4.80. The van der Waals surface area contributed by atoms with Crippen LogP contribution in [0.25, 0.3) is 0 Å². The molecule has 2 rings (SSSR count). The van der Waals surface area contributed by atoms with Crippen molar-refractivity contribution >= 4 is 0 Å².